The second-order valence-electron chi connectivity index (χ2n) is 10.9. The van der Waals surface area contributed by atoms with E-state index in [0.29, 0.717) is 18.3 Å². The summed E-state index contributed by atoms with van der Waals surface area (Å²) >= 11 is 0. The smallest absolute Gasteiger partial charge is 0.222 e. The van der Waals surface area contributed by atoms with Crippen molar-refractivity contribution >= 4 is 5.91 Å². The number of allylic oxidation sites excluding steroid dienone is 2. The molecule has 1 amide bonds. The summed E-state index contributed by atoms with van der Waals surface area (Å²) in [5, 5.41) is 20.7. The average molecular weight is 434 g/mol. The quantitative estimate of drug-likeness (QED) is 0.309. The molecule has 2 N–H and O–H groups in total. The van der Waals surface area contributed by atoms with Crippen molar-refractivity contribution in [3.05, 3.63) is 23.8 Å². The van der Waals surface area contributed by atoms with Crippen LogP contribution in [0.4, 0.5) is 0 Å². The third-order valence-corrected chi connectivity index (χ3v) is 7.38. The molecule has 4 nitrogen and oxygen atoms in total. The van der Waals surface area contributed by atoms with Gasteiger partial charge in [0.1, 0.15) is 0 Å². The number of unbranched alkanes of at least 4 members (excludes halogenated alkanes) is 4. The Labute approximate surface area is 190 Å². The van der Waals surface area contributed by atoms with Crippen LogP contribution in [0.5, 0.6) is 0 Å². The van der Waals surface area contributed by atoms with E-state index in [1.165, 1.54) is 12.0 Å². The monoisotopic (exact) mass is 433 g/mol. The summed E-state index contributed by atoms with van der Waals surface area (Å²) in [6, 6.07) is 0. The first-order chi connectivity index (χ1) is 14.6. The Morgan fingerprint density at radius 2 is 1.97 bits per heavy atom. The van der Waals surface area contributed by atoms with E-state index in [-0.39, 0.29) is 29.6 Å². The molecule has 0 unspecified atom stereocenters. The molecule has 0 saturated heterocycles. The number of amides is 1. The summed E-state index contributed by atoms with van der Waals surface area (Å²) in [5.41, 5.74) is 1.42. The van der Waals surface area contributed by atoms with Crippen molar-refractivity contribution in [1.29, 1.82) is 0 Å². The lowest BCUT2D eigenvalue weighted by Gasteiger charge is -2.32. The summed E-state index contributed by atoms with van der Waals surface area (Å²) in [6.45, 7) is 8.38. The topological polar surface area (TPSA) is 60.8 Å². The van der Waals surface area contributed by atoms with E-state index in [4.69, 9.17) is 0 Å². The summed E-state index contributed by atoms with van der Waals surface area (Å²) in [6.07, 6.45) is 16.8. The van der Waals surface area contributed by atoms with Crippen LogP contribution < -0.4 is 0 Å². The fourth-order valence-corrected chi connectivity index (χ4v) is 5.09. The van der Waals surface area contributed by atoms with Crippen molar-refractivity contribution in [1.82, 2.24) is 4.90 Å². The number of aliphatic hydroxyl groups excluding tert-OH is 2. The minimum absolute atomic E-state index is 0.107. The zero-order chi connectivity index (χ0) is 23.0. The Balaban J connectivity index is 1.70. The van der Waals surface area contributed by atoms with Crippen LogP contribution in [0, 0.1) is 17.8 Å². The predicted octanol–water partition coefficient (Wildman–Crippen LogP) is 5.63. The van der Waals surface area contributed by atoms with Crippen LogP contribution in [0.3, 0.4) is 0 Å². The molecule has 0 radical (unpaired) electrons. The summed E-state index contributed by atoms with van der Waals surface area (Å²) < 4.78 is 0. The van der Waals surface area contributed by atoms with Gasteiger partial charge in [-0.15, -0.1) is 0 Å². The van der Waals surface area contributed by atoms with Crippen molar-refractivity contribution < 1.29 is 15.0 Å². The molecule has 4 heteroatoms. The first-order valence-corrected chi connectivity index (χ1v) is 12.6. The molecule has 2 rings (SSSR count). The van der Waals surface area contributed by atoms with Gasteiger partial charge >= 0.3 is 0 Å². The maximum Gasteiger partial charge on any atom is 0.222 e. The van der Waals surface area contributed by atoms with Crippen molar-refractivity contribution in [3.63, 3.8) is 0 Å². The standard InChI is InChI=1S/C27H47NO3/c1-6-7-9-13-22(29)15-16-23-24-18-20(17-21(24)19-25(23)30)12-10-8-11-14-26(31)28(5)27(2,3)4/h15-17,21-25,29-30H,6-14,18-19H2,1-5H3/t21-,22-,23+,24-,25+/m0/s1. The Bertz CT molecular complexity index is 618. The van der Waals surface area contributed by atoms with Gasteiger partial charge in [0.15, 0.2) is 0 Å². The molecule has 0 aromatic heterocycles. The fourth-order valence-electron chi connectivity index (χ4n) is 5.09. The van der Waals surface area contributed by atoms with Gasteiger partial charge in [0.25, 0.3) is 0 Å². The molecule has 2 aliphatic carbocycles. The van der Waals surface area contributed by atoms with E-state index >= 15 is 0 Å². The first kappa shape index (κ1) is 26.1. The molecule has 1 saturated carbocycles. The predicted molar refractivity (Wildman–Crippen MR) is 129 cm³/mol. The Hall–Kier alpha value is -1.13. The molecule has 0 aliphatic heterocycles. The number of hydrogen-bond acceptors (Lipinski definition) is 3. The zero-order valence-electron chi connectivity index (χ0n) is 20.6. The SMILES string of the molecule is CCCCC[C@H](O)C=C[C@@H]1[C@H]2CC(CCCCCC(=O)N(C)C(C)(C)C)=C[C@H]2C[C@H]1O. The van der Waals surface area contributed by atoms with E-state index in [2.05, 4.69) is 39.8 Å². The van der Waals surface area contributed by atoms with Crippen molar-refractivity contribution in [2.75, 3.05) is 7.05 Å². The van der Waals surface area contributed by atoms with Gasteiger partial charge in [0, 0.05) is 24.9 Å². The van der Waals surface area contributed by atoms with Crippen LogP contribution in [0.1, 0.15) is 98.3 Å². The van der Waals surface area contributed by atoms with Gasteiger partial charge in [-0.1, -0.05) is 56.4 Å². The summed E-state index contributed by atoms with van der Waals surface area (Å²) in [4.78, 5) is 14.1. The molecule has 1 fully saturated rings. The number of rotatable bonds is 12. The number of carbonyl (C=O) groups is 1. The van der Waals surface area contributed by atoms with Gasteiger partial charge in [0.05, 0.1) is 12.2 Å². The second-order valence-corrected chi connectivity index (χ2v) is 10.9. The van der Waals surface area contributed by atoms with E-state index in [1.54, 1.807) is 0 Å². The zero-order valence-corrected chi connectivity index (χ0v) is 20.6. The average Bonchev–Trinajstić information content (AvgIpc) is 3.21. The summed E-state index contributed by atoms with van der Waals surface area (Å²) in [5.74, 6) is 1.39. The Morgan fingerprint density at radius 3 is 2.65 bits per heavy atom. The molecular formula is C27H47NO3. The van der Waals surface area contributed by atoms with Crippen LogP contribution in [0.2, 0.25) is 0 Å². The van der Waals surface area contributed by atoms with Crippen LogP contribution in [0.25, 0.3) is 0 Å². The maximum atomic E-state index is 12.3. The summed E-state index contributed by atoms with van der Waals surface area (Å²) in [7, 11) is 1.90. The molecule has 0 heterocycles. The van der Waals surface area contributed by atoms with E-state index < -0.39 is 0 Å². The molecule has 0 aromatic rings. The van der Waals surface area contributed by atoms with Gasteiger partial charge in [-0.2, -0.15) is 0 Å². The second kappa shape index (κ2) is 12.2. The number of nitrogens with zero attached hydrogens (tertiary/aromatic N) is 1. The molecule has 178 valence electrons. The number of hydrogen-bond donors (Lipinski definition) is 2. The fraction of sp³-hybridized carbons (Fsp3) is 0.815. The van der Waals surface area contributed by atoms with Gasteiger partial charge < -0.3 is 15.1 Å². The minimum Gasteiger partial charge on any atom is -0.392 e. The lowest BCUT2D eigenvalue weighted by molar-refractivity contribution is -0.134. The number of carbonyl (C=O) groups excluding carboxylic acids is 1. The van der Waals surface area contributed by atoms with Gasteiger partial charge in [-0.05, 0) is 71.1 Å². The van der Waals surface area contributed by atoms with Gasteiger partial charge in [-0.3, -0.25) is 4.79 Å². The molecule has 0 bridgehead atoms. The van der Waals surface area contributed by atoms with Gasteiger partial charge in [-0.25, -0.2) is 0 Å². The lowest BCUT2D eigenvalue weighted by Crippen LogP contribution is -2.42. The highest BCUT2D eigenvalue weighted by atomic mass is 16.3. The third-order valence-electron chi connectivity index (χ3n) is 7.38. The highest BCUT2D eigenvalue weighted by Gasteiger charge is 2.43. The van der Waals surface area contributed by atoms with Crippen LogP contribution in [-0.4, -0.2) is 45.8 Å². The highest BCUT2D eigenvalue weighted by molar-refractivity contribution is 5.76. The molecule has 5 atom stereocenters. The molecule has 31 heavy (non-hydrogen) atoms. The molecular weight excluding hydrogens is 386 g/mol. The van der Waals surface area contributed by atoms with Crippen molar-refractivity contribution in [3.8, 4) is 0 Å². The van der Waals surface area contributed by atoms with E-state index in [1.807, 2.05) is 18.0 Å². The lowest BCUT2D eigenvalue weighted by atomic mass is 9.88. The minimum atomic E-state index is -0.383. The van der Waals surface area contributed by atoms with Crippen molar-refractivity contribution in [2.45, 2.75) is 116 Å². The molecule has 0 spiro atoms. The van der Waals surface area contributed by atoms with E-state index in [0.717, 1.165) is 57.8 Å². The highest BCUT2D eigenvalue weighted by Crippen LogP contribution is 2.48. The van der Waals surface area contributed by atoms with Crippen molar-refractivity contribution in [2.24, 2.45) is 17.8 Å². The third kappa shape index (κ3) is 8.05. The number of fused-ring (bicyclic) bond motifs is 1. The number of aliphatic hydroxyl groups is 2. The van der Waals surface area contributed by atoms with Crippen LogP contribution in [-0.2, 0) is 4.79 Å². The molecule has 2 aliphatic rings. The van der Waals surface area contributed by atoms with Crippen LogP contribution >= 0.6 is 0 Å². The normalized spacial score (nSPS) is 26.9. The Morgan fingerprint density at radius 1 is 1.23 bits per heavy atom. The van der Waals surface area contributed by atoms with Gasteiger partial charge in [0.2, 0.25) is 5.91 Å². The van der Waals surface area contributed by atoms with E-state index in [9.17, 15) is 15.0 Å². The first-order valence-electron chi connectivity index (χ1n) is 12.6. The maximum absolute atomic E-state index is 12.3. The molecule has 0 aromatic carbocycles. The Kier molecular flexibility index (Phi) is 10.3. The largest absolute Gasteiger partial charge is 0.392 e. The van der Waals surface area contributed by atoms with Crippen LogP contribution in [0.15, 0.2) is 23.8 Å².